The van der Waals surface area contributed by atoms with Crippen molar-refractivity contribution < 1.29 is 25.6 Å². The normalized spacial score (nSPS) is 15.1. The molecular formula is C48H48IrN2S-2. The minimum Gasteiger partial charge on any atom is -0.305 e. The number of benzene rings is 4. The summed E-state index contributed by atoms with van der Waals surface area (Å²) < 4.78 is 34.3. The minimum atomic E-state index is -2.10. The molecule has 8 rings (SSSR count). The molecule has 267 valence electrons. The maximum absolute atomic E-state index is 8.36. The SMILES string of the molecule is [2H]C(C)(C)c1ccnc(-c2[c-]cc3sc4ccc(C(C)(C)c5ccccc5)cc4c3c2)c1.[2H]C([2H])([2H])c1cnc(-c2[c-]cccc2)cc1CC1CCCCC1.[Ir]. The van der Waals surface area contributed by atoms with Crippen LogP contribution in [0.15, 0.2) is 116 Å². The molecule has 1 aliphatic carbocycles. The fourth-order valence-electron chi connectivity index (χ4n) is 7.24. The van der Waals surface area contributed by atoms with Gasteiger partial charge >= 0.3 is 0 Å². The molecular weight excluding hydrogens is 829 g/mol. The maximum atomic E-state index is 8.36. The van der Waals surface area contributed by atoms with E-state index in [-0.39, 0.29) is 25.5 Å². The van der Waals surface area contributed by atoms with Crippen LogP contribution in [-0.4, -0.2) is 9.97 Å². The third kappa shape index (κ3) is 8.47. The molecule has 0 amide bonds. The summed E-state index contributed by atoms with van der Waals surface area (Å²) in [6.45, 7) is 6.28. The number of pyridine rings is 2. The van der Waals surface area contributed by atoms with Crippen LogP contribution >= 0.6 is 11.3 Å². The summed E-state index contributed by atoms with van der Waals surface area (Å²) in [5, 5.41) is 2.51. The van der Waals surface area contributed by atoms with E-state index in [9.17, 15) is 0 Å². The van der Waals surface area contributed by atoms with Crippen LogP contribution in [0.3, 0.4) is 0 Å². The molecule has 3 aromatic heterocycles. The second kappa shape index (κ2) is 16.8. The number of hydrogen-bond donors (Lipinski definition) is 0. The summed E-state index contributed by atoms with van der Waals surface area (Å²) in [6, 6.07) is 42.0. The fraction of sp³-hybridized carbons (Fsp3) is 0.292. The Morgan fingerprint density at radius 1 is 0.808 bits per heavy atom. The number of nitrogens with zero attached hydrogens (tertiary/aromatic N) is 2. The topological polar surface area (TPSA) is 25.8 Å². The first kappa shape index (κ1) is 32.7. The van der Waals surface area contributed by atoms with Crippen molar-refractivity contribution in [3.05, 3.63) is 155 Å². The molecule has 0 bridgehead atoms. The largest absolute Gasteiger partial charge is 0.305 e. The van der Waals surface area contributed by atoms with Gasteiger partial charge in [0.2, 0.25) is 0 Å². The number of rotatable bonds is 7. The Balaban J connectivity index is 0.000000197. The third-order valence-electron chi connectivity index (χ3n) is 10.4. The van der Waals surface area contributed by atoms with Crippen LogP contribution < -0.4 is 0 Å². The van der Waals surface area contributed by atoms with Crippen LogP contribution in [0.2, 0.25) is 0 Å². The van der Waals surface area contributed by atoms with Gasteiger partial charge in [-0.15, -0.1) is 59.7 Å². The average Bonchev–Trinajstić information content (AvgIpc) is 3.56. The van der Waals surface area contributed by atoms with Crippen LogP contribution in [0.25, 0.3) is 42.7 Å². The van der Waals surface area contributed by atoms with Crippen LogP contribution in [0.4, 0.5) is 0 Å². The predicted molar refractivity (Wildman–Crippen MR) is 218 cm³/mol. The monoisotopic (exact) mass is 881 g/mol. The first-order valence-corrected chi connectivity index (χ1v) is 19.0. The summed E-state index contributed by atoms with van der Waals surface area (Å²) in [5.74, 6) is -0.0609. The summed E-state index contributed by atoms with van der Waals surface area (Å²) in [5.41, 5.74) is 8.39. The van der Waals surface area contributed by atoms with E-state index in [1.807, 2.05) is 56.3 Å². The van der Waals surface area contributed by atoms with Crippen LogP contribution in [0.5, 0.6) is 0 Å². The Hall–Kier alpha value is -3.95. The summed E-state index contributed by atoms with van der Waals surface area (Å²) >= 11 is 1.81. The van der Waals surface area contributed by atoms with Gasteiger partial charge in [0.1, 0.15) is 0 Å². The number of hydrogen-bond acceptors (Lipinski definition) is 3. The first-order chi connectivity index (χ1) is 26.3. The van der Waals surface area contributed by atoms with E-state index in [0.717, 1.165) is 40.1 Å². The molecule has 7 aromatic rings. The molecule has 3 heterocycles. The van der Waals surface area contributed by atoms with E-state index in [1.54, 1.807) is 23.7 Å². The third-order valence-corrected chi connectivity index (χ3v) is 11.6. The van der Waals surface area contributed by atoms with Crippen molar-refractivity contribution in [3.63, 3.8) is 0 Å². The molecule has 0 unspecified atom stereocenters. The fourth-order valence-corrected chi connectivity index (χ4v) is 8.28. The van der Waals surface area contributed by atoms with Gasteiger partial charge in [-0.2, -0.15) is 11.3 Å². The van der Waals surface area contributed by atoms with E-state index in [2.05, 4.69) is 96.6 Å². The van der Waals surface area contributed by atoms with Crippen molar-refractivity contribution in [1.82, 2.24) is 9.97 Å². The van der Waals surface area contributed by atoms with Crippen LogP contribution in [-0.2, 0) is 31.9 Å². The Labute approximate surface area is 333 Å². The first-order valence-electron chi connectivity index (χ1n) is 20.1. The number of aryl methyl sites for hydroxylation is 1. The molecule has 0 N–H and O–H groups in total. The molecule has 1 radical (unpaired) electrons. The van der Waals surface area contributed by atoms with Crippen molar-refractivity contribution in [2.75, 3.05) is 0 Å². The zero-order chi connectivity index (χ0) is 38.8. The zero-order valence-corrected chi connectivity index (χ0v) is 33.6. The zero-order valence-electron chi connectivity index (χ0n) is 34.4. The molecule has 0 spiro atoms. The van der Waals surface area contributed by atoms with Crippen molar-refractivity contribution in [3.8, 4) is 22.5 Å². The van der Waals surface area contributed by atoms with Crippen LogP contribution in [0, 0.1) is 24.9 Å². The molecule has 4 aromatic carbocycles. The van der Waals surface area contributed by atoms with E-state index >= 15 is 0 Å². The number of aromatic nitrogens is 2. The Morgan fingerprint density at radius 3 is 2.33 bits per heavy atom. The summed E-state index contributed by atoms with van der Waals surface area (Å²) in [7, 11) is 0. The molecule has 1 saturated carbocycles. The summed E-state index contributed by atoms with van der Waals surface area (Å²) in [4.78, 5) is 8.96. The van der Waals surface area contributed by atoms with E-state index in [1.165, 1.54) is 63.4 Å². The second-order valence-electron chi connectivity index (χ2n) is 14.6. The average molecular weight is 881 g/mol. The molecule has 1 aliphatic rings. The summed E-state index contributed by atoms with van der Waals surface area (Å²) in [6.07, 6.45) is 10.4. The van der Waals surface area contributed by atoms with Crippen molar-refractivity contribution in [2.24, 2.45) is 5.92 Å². The van der Waals surface area contributed by atoms with Crippen LogP contribution in [0.1, 0.15) is 99.0 Å². The minimum absolute atomic E-state index is 0. The van der Waals surface area contributed by atoms with Gasteiger partial charge in [0.25, 0.3) is 0 Å². The molecule has 0 saturated heterocycles. The van der Waals surface area contributed by atoms with Gasteiger partial charge in [-0.05, 0) is 75.4 Å². The van der Waals surface area contributed by atoms with Gasteiger partial charge < -0.3 is 9.97 Å². The van der Waals surface area contributed by atoms with Gasteiger partial charge in [0.15, 0.2) is 0 Å². The van der Waals surface area contributed by atoms with E-state index in [0.29, 0.717) is 11.5 Å². The Morgan fingerprint density at radius 2 is 1.58 bits per heavy atom. The predicted octanol–water partition coefficient (Wildman–Crippen LogP) is 13.3. The van der Waals surface area contributed by atoms with Gasteiger partial charge in [0, 0.05) is 48.1 Å². The Bertz CT molecular complexity index is 2390. The molecule has 2 nitrogen and oxygen atoms in total. The van der Waals surface area contributed by atoms with E-state index < -0.39 is 12.7 Å². The van der Waals surface area contributed by atoms with Gasteiger partial charge in [-0.3, -0.25) is 0 Å². The number of fused-ring (bicyclic) bond motifs is 3. The molecule has 1 fully saturated rings. The van der Waals surface area contributed by atoms with Gasteiger partial charge in [-0.1, -0.05) is 131 Å². The number of thiophene rings is 1. The standard InChI is InChI=1S/C29H26NS.C19H22N.Ir/c1-19(2)20-14-15-30-26(17-20)21-10-12-27-24(16-21)25-18-23(11-13-28(25)31-27)29(3,4)22-8-6-5-7-9-22;1-15-14-20-19(17-10-6-3-7-11-17)13-18(15)12-16-8-4-2-5-9-16;/h5-9,11-19H,1-4H3;3,6-7,10,13-14,16H,2,4-5,8-9,12H2,1H3;/q2*-1;/i19D;1D3;. The molecule has 0 atom stereocenters. The van der Waals surface area contributed by atoms with Crippen molar-refractivity contribution in [1.29, 1.82) is 0 Å². The van der Waals surface area contributed by atoms with Gasteiger partial charge in [-0.25, -0.2) is 0 Å². The van der Waals surface area contributed by atoms with E-state index in [4.69, 9.17) is 5.48 Å². The van der Waals surface area contributed by atoms with Crippen molar-refractivity contribution in [2.45, 2.75) is 84.4 Å². The molecule has 52 heavy (non-hydrogen) atoms. The maximum Gasteiger partial charge on any atom is 0.0346 e. The second-order valence-corrected chi connectivity index (χ2v) is 15.7. The van der Waals surface area contributed by atoms with Crippen molar-refractivity contribution >= 4 is 31.5 Å². The Kier molecular flexibility index (Phi) is 10.6. The molecule has 4 heteroatoms. The smallest absolute Gasteiger partial charge is 0.0346 e. The molecule has 0 aliphatic heterocycles. The van der Waals surface area contributed by atoms with Gasteiger partial charge in [0.05, 0.1) is 0 Å². The quantitative estimate of drug-likeness (QED) is 0.149.